The quantitative estimate of drug-likeness (QED) is 0.564. The van der Waals surface area contributed by atoms with E-state index >= 15 is 0 Å². The van der Waals surface area contributed by atoms with E-state index in [1.807, 2.05) is 0 Å². The van der Waals surface area contributed by atoms with E-state index in [0.29, 0.717) is 5.41 Å². The van der Waals surface area contributed by atoms with Gasteiger partial charge in [0.1, 0.15) is 0 Å². The number of aliphatic hydroxyl groups is 1. The van der Waals surface area contributed by atoms with Gasteiger partial charge in [0.25, 0.3) is 0 Å². The maximum Gasteiger partial charge on any atom is 0.0784 e. The molecule has 2 heteroatoms. The van der Waals surface area contributed by atoms with Crippen molar-refractivity contribution >= 4 is 0 Å². The van der Waals surface area contributed by atoms with Gasteiger partial charge in [-0.15, -0.1) is 0 Å². The fraction of sp³-hybridized carbons (Fsp3) is 0.778. The number of allylic oxidation sites excluding steroid dienone is 3. The van der Waals surface area contributed by atoms with Gasteiger partial charge in [-0.25, -0.2) is 0 Å². The van der Waals surface area contributed by atoms with Crippen molar-refractivity contribution in [2.45, 2.75) is 90.6 Å². The van der Waals surface area contributed by atoms with Crippen LogP contribution in [0.4, 0.5) is 0 Å². The molecular formula is C27H43NO. The third kappa shape index (κ3) is 4.74. The Hall–Kier alpha value is -0.860. The molecule has 0 aromatic rings. The van der Waals surface area contributed by atoms with E-state index in [9.17, 15) is 5.11 Å². The van der Waals surface area contributed by atoms with E-state index in [0.717, 1.165) is 42.6 Å². The molecule has 4 aliphatic rings. The lowest BCUT2D eigenvalue weighted by molar-refractivity contribution is 0.106. The van der Waals surface area contributed by atoms with Crippen LogP contribution in [-0.2, 0) is 0 Å². The summed E-state index contributed by atoms with van der Waals surface area (Å²) in [6, 6.07) is 0. The molecule has 29 heavy (non-hydrogen) atoms. The second-order valence-electron chi connectivity index (χ2n) is 11.0. The molecule has 162 valence electrons. The van der Waals surface area contributed by atoms with Crippen LogP contribution in [0.25, 0.3) is 0 Å². The topological polar surface area (TPSA) is 23.5 Å². The summed E-state index contributed by atoms with van der Waals surface area (Å²) in [5.74, 6) is 2.59. The van der Waals surface area contributed by atoms with Gasteiger partial charge in [-0.05, 0) is 112 Å². The van der Waals surface area contributed by atoms with Gasteiger partial charge < -0.3 is 10.0 Å². The molecule has 5 atom stereocenters. The van der Waals surface area contributed by atoms with Gasteiger partial charge >= 0.3 is 0 Å². The monoisotopic (exact) mass is 397 g/mol. The van der Waals surface area contributed by atoms with Crippen molar-refractivity contribution in [1.82, 2.24) is 4.90 Å². The van der Waals surface area contributed by atoms with E-state index in [1.165, 1.54) is 76.6 Å². The number of hydrogen-bond donors (Lipinski definition) is 1. The van der Waals surface area contributed by atoms with Gasteiger partial charge in [0.05, 0.1) is 6.10 Å². The lowest BCUT2D eigenvalue weighted by Gasteiger charge is -2.43. The Morgan fingerprint density at radius 1 is 1.14 bits per heavy atom. The molecule has 1 saturated heterocycles. The van der Waals surface area contributed by atoms with Crippen LogP contribution in [-0.4, -0.2) is 35.7 Å². The first-order chi connectivity index (χ1) is 14.0. The lowest BCUT2D eigenvalue weighted by Crippen LogP contribution is -2.38. The molecule has 1 N–H and O–H groups in total. The van der Waals surface area contributed by atoms with Gasteiger partial charge in [-0.3, -0.25) is 0 Å². The zero-order chi connectivity index (χ0) is 20.4. The van der Waals surface area contributed by atoms with E-state index in [4.69, 9.17) is 0 Å². The average molecular weight is 398 g/mol. The van der Waals surface area contributed by atoms with Crippen LogP contribution in [0.1, 0.15) is 84.5 Å². The molecule has 4 fully saturated rings. The molecule has 3 unspecified atom stereocenters. The molecule has 2 nitrogen and oxygen atoms in total. The van der Waals surface area contributed by atoms with Crippen molar-refractivity contribution in [1.29, 1.82) is 0 Å². The van der Waals surface area contributed by atoms with Crippen LogP contribution in [0.2, 0.25) is 0 Å². The molecule has 1 heterocycles. The Labute approximate surface area is 179 Å². The number of hydrogen-bond acceptors (Lipinski definition) is 2. The first kappa shape index (κ1) is 21.4. The van der Waals surface area contributed by atoms with E-state index in [1.54, 1.807) is 5.57 Å². The van der Waals surface area contributed by atoms with Crippen molar-refractivity contribution in [2.24, 2.45) is 23.2 Å². The zero-order valence-corrected chi connectivity index (χ0v) is 19.0. The molecule has 0 aromatic heterocycles. The molecule has 3 aliphatic carbocycles. The molecule has 0 aromatic carbocycles. The number of fused-ring (bicyclic) bond motifs is 1. The number of rotatable bonds is 4. The minimum absolute atomic E-state index is 0.321. The van der Waals surface area contributed by atoms with Crippen molar-refractivity contribution in [3.8, 4) is 0 Å². The van der Waals surface area contributed by atoms with Crippen LogP contribution in [0.3, 0.4) is 0 Å². The average Bonchev–Trinajstić information content (AvgIpc) is 3.04. The van der Waals surface area contributed by atoms with E-state index < -0.39 is 0 Å². The summed E-state index contributed by atoms with van der Waals surface area (Å²) in [7, 11) is 0. The Morgan fingerprint density at radius 3 is 2.79 bits per heavy atom. The van der Waals surface area contributed by atoms with Crippen molar-refractivity contribution in [2.75, 3.05) is 19.6 Å². The Kier molecular flexibility index (Phi) is 6.71. The Bertz CT molecular complexity index is 661. The van der Waals surface area contributed by atoms with Crippen LogP contribution in [0.5, 0.6) is 0 Å². The van der Waals surface area contributed by atoms with Crippen molar-refractivity contribution in [3.63, 3.8) is 0 Å². The predicted octanol–water partition coefficient (Wildman–Crippen LogP) is 6.28. The first-order valence-corrected chi connectivity index (χ1v) is 12.4. The van der Waals surface area contributed by atoms with Gasteiger partial charge in [0, 0.05) is 6.54 Å². The summed E-state index contributed by atoms with van der Waals surface area (Å²) in [5, 5.41) is 10.1. The summed E-state index contributed by atoms with van der Waals surface area (Å²) in [6.07, 6.45) is 18.5. The highest BCUT2D eigenvalue weighted by molar-refractivity contribution is 5.27. The van der Waals surface area contributed by atoms with Crippen LogP contribution >= 0.6 is 0 Å². The number of piperidine rings is 1. The summed E-state index contributed by atoms with van der Waals surface area (Å²) in [5.41, 5.74) is 4.66. The van der Waals surface area contributed by atoms with Gasteiger partial charge in [0.15, 0.2) is 0 Å². The first-order valence-electron chi connectivity index (χ1n) is 12.4. The number of aliphatic hydroxyl groups excluding tert-OH is 1. The number of likely N-dealkylation sites (tertiary alicyclic amines) is 1. The molecule has 1 aliphatic heterocycles. The molecule has 3 saturated carbocycles. The standard InChI is InChI=1S/C27H43NO/c1-20-6-5-16-28(19-20)17-14-24-12-13-25-23(7-4-15-27(24,25)3)11-10-22-9-8-21(2)26(29)18-22/h10-11,20,24-26,29H,2,4-9,12-19H2,1,3H3/b22-10-,23-11+/t20-,24+,25?,26?,27?/m0/s1. The number of nitrogens with zero attached hydrogens (tertiary/aromatic N) is 1. The van der Waals surface area contributed by atoms with Crippen molar-refractivity contribution in [3.05, 3.63) is 35.5 Å². The minimum Gasteiger partial charge on any atom is -0.388 e. The largest absolute Gasteiger partial charge is 0.388 e. The second-order valence-corrected chi connectivity index (χ2v) is 11.0. The lowest BCUT2D eigenvalue weighted by atomic mass is 9.63. The molecule has 0 radical (unpaired) electrons. The van der Waals surface area contributed by atoms with Gasteiger partial charge in [0.2, 0.25) is 0 Å². The fourth-order valence-corrected chi connectivity index (χ4v) is 7.01. The summed E-state index contributed by atoms with van der Waals surface area (Å²) >= 11 is 0. The summed E-state index contributed by atoms with van der Waals surface area (Å²) in [6.45, 7) is 13.0. The predicted molar refractivity (Wildman–Crippen MR) is 123 cm³/mol. The third-order valence-corrected chi connectivity index (χ3v) is 8.92. The maximum atomic E-state index is 10.1. The summed E-state index contributed by atoms with van der Waals surface area (Å²) < 4.78 is 0. The highest BCUT2D eigenvalue weighted by Gasteiger charge is 2.48. The van der Waals surface area contributed by atoms with E-state index in [-0.39, 0.29) is 6.10 Å². The molecule has 0 bridgehead atoms. The Morgan fingerprint density at radius 2 is 2.00 bits per heavy atom. The summed E-state index contributed by atoms with van der Waals surface area (Å²) in [4.78, 5) is 2.75. The molecule has 4 rings (SSSR count). The zero-order valence-electron chi connectivity index (χ0n) is 19.0. The van der Waals surface area contributed by atoms with Crippen LogP contribution in [0.15, 0.2) is 35.5 Å². The third-order valence-electron chi connectivity index (χ3n) is 8.92. The Balaban J connectivity index is 1.39. The highest BCUT2D eigenvalue weighted by atomic mass is 16.3. The van der Waals surface area contributed by atoms with Gasteiger partial charge in [-0.2, -0.15) is 0 Å². The maximum absolute atomic E-state index is 10.1. The molecular weight excluding hydrogens is 354 g/mol. The smallest absolute Gasteiger partial charge is 0.0784 e. The SMILES string of the molecule is C=C1CC/C(=C/C=C2\CCCC3(C)C2CC[C@@H]3CCN2CCC[C@H](C)C2)CC1O. The normalized spacial score (nSPS) is 41.8. The fourth-order valence-electron chi connectivity index (χ4n) is 7.01. The van der Waals surface area contributed by atoms with E-state index in [2.05, 4.69) is 37.5 Å². The minimum atomic E-state index is -0.321. The molecule has 0 spiro atoms. The van der Waals surface area contributed by atoms with Crippen LogP contribution in [0, 0.1) is 23.2 Å². The molecule has 0 amide bonds. The highest BCUT2D eigenvalue weighted by Crippen LogP contribution is 2.58. The van der Waals surface area contributed by atoms with Gasteiger partial charge in [-0.1, -0.05) is 43.7 Å². The van der Waals surface area contributed by atoms with Crippen molar-refractivity contribution < 1.29 is 5.11 Å². The second kappa shape index (κ2) is 9.10. The van der Waals surface area contributed by atoms with Crippen LogP contribution < -0.4 is 0 Å².